The Bertz CT molecular complexity index is 862. The fourth-order valence-corrected chi connectivity index (χ4v) is 4.18. The number of hydrogen-bond donors (Lipinski definition) is 0. The first kappa shape index (κ1) is 19.3. The van der Waals surface area contributed by atoms with Crippen LogP contribution in [0.1, 0.15) is 16.5 Å². The van der Waals surface area contributed by atoms with Gasteiger partial charge < -0.3 is 19.1 Å². The van der Waals surface area contributed by atoms with E-state index < -0.39 is 17.0 Å². The van der Waals surface area contributed by atoms with Gasteiger partial charge in [0, 0.05) is 17.2 Å². The minimum Gasteiger partial charge on any atom is -0.496 e. The molecular weight excluding hydrogens is 376 g/mol. The molecule has 0 saturated carbocycles. The maximum absolute atomic E-state index is 14.1. The van der Waals surface area contributed by atoms with Gasteiger partial charge in [0.25, 0.3) is 0 Å². The molecule has 1 aliphatic rings. The molecule has 1 saturated heterocycles. The van der Waals surface area contributed by atoms with Crippen molar-refractivity contribution in [3.05, 3.63) is 53.1 Å². The van der Waals surface area contributed by atoms with Gasteiger partial charge >= 0.3 is 0 Å². The Morgan fingerprint density at radius 1 is 1.04 bits per heavy atom. The Kier molecular flexibility index (Phi) is 5.74. The minimum atomic E-state index is -0.556. The number of amides is 1. The van der Waals surface area contributed by atoms with Gasteiger partial charge in [0.2, 0.25) is 5.91 Å². The van der Waals surface area contributed by atoms with E-state index in [4.69, 9.17) is 14.2 Å². The Morgan fingerprint density at radius 3 is 2.37 bits per heavy atom. The van der Waals surface area contributed by atoms with E-state index in [1.54, 1.807) is 12.1 Å². The smallest absolute Gasteiger partial charge is 0.234 e. The summed E-state index contributed by atoms with van der Waals surface area (Å²) in [6.07, 6.45) is 0. The van der Waals surface area contributed by atoms with Crippen LogP contribution in [0.2, 0.25) is 0 Å². The number of ether oxygens (including phenoxy) is 3. The summed E-state index contributed by atoms with van der Waals surface area (Å²) in [7, 11) is 4.55. The van der Waals surface area contributed by atoms with Crippen molar-refractivity contribution in [2.75, 3.05) is 27.1 Å². The lowest BCUT2D eigenvalue weighted by Gasteiger charge is -2.26. The minimum absolute atomic E-state index is 0.0441. The van der Waals surface area contributed by atoms with Gasteiger partial charge in [-0.05, 0) is 24.3 Å². The highest BCUT2D eigenvalue weighted by molar-refractivity contribution is 8.00. The molecule has 0 aliphatic carbocycles. The van der Waals surface area contributed by atoms with Gasteiger partial charge in [-0.1, -0.05) is 0 Å². The fourth-order valence-electron chi connectivity index (χ4n) is 2.98. The highest BCUT2D eigenvalue weighted by Crippen LogP contribution is 2.46. The molecule has 5 nitrogen and oxygen atoms in total. The molecule has 0 aromatic heterocycles. The summed E-state index contributed by atoms with van der Waals surface area (Å²) in [5, 5.41) is -0.421. The van der Waals surface area contributed by atoms with Crippen LogP contribution in [0.25, 0.3) is 0 Å². The van der Waals surface area contributed by atoms with Crippen molar-refractivity contribution in [1.82, 2.24) is 4.90 Å². The zero-order chi connectivity index (χ0) is 19.6. The molecule has 0 bridgehead atoms. The van der Waals surface area contributed by atoms with Crippen molar-refractivity contribution in [2.45, 2.75) is 11.9 Å². The predicted molar refractivity (Wildman–Crippen MR) is 98.2 cm³/mol. The standard InChI is InChI=1S/C19H19F2NO4S/c1-24-15-8-17(26-3)16(25-2)7-13(15)19-22(18(23)10-27-19)9-11-6-12(20)4-5-14(11)21/h4-8,19H,9-10H2,1-3H3. The molecule has 1 aliphatic heterocycles. The first-order valence-corrected chi connectivity index (χ1v) is 9.18. The summed E-state index contributed by atoms with van der Waals surface area (Å²) >= 11 is 1.39. The van der Waals surface area contributed by atoms with E-state index in [0.29, 0.717) is 22.8 Å². The molecule has 1 amide bonds. The average Bonchev–Trinajstić information content (AvgIpc) is 3.03. The van der Waals surface area contributed by atoms with Gasteiger partial charge in [-0.15, -0.1) is 11.8 Å². The number of halogens is 2. The summed E-state index contributed by atoms with van der Waals surface area (Å²) in [4.78, 5) is 13.9. The molecule has 144 valence electrons. The van der Waals surface area contributed by atoms with Gasteiger partial charge in [0.15, 0.2) is 11.5 Å². The zero-order valence-corrected chi connectivity index (χ0v) is 15.9. The molecule has 27 heavy (non-hydrogen) atoms. The molecule has 2 aromatic carbocycles. The number of rotatable bonds is 6. The SMILES string of the molecule is COc1cc(OC)c(C2SCC(=O)N2Cc2cc(F)ccc2F)cc1OC. The van der Waals surface area contributed by atoms with E-state index in [1.807, 2.05) is 0 Å². The topological polar surface area (TPSA) is 48.0 Å². The van der Waals surface area contributed by atoms with E-state index in [-0.39, 0.29) is 23.8 Å². The van der Waals surface area contributed by atoms with Gasteiger partial charge in [0.05, 0.1) is 33.6 Å². The summed E-state index contributed by atoms with van der Waals surface area (Å²) in [6.45, 7) is -0.0441. The van der Waals surface area contributed by atoms with Gasteiger partial charge in [-0.2, -0.15) is 0 Å². The van der Waals surface area contributed by atoms with Crippen molar-refractivity contribution >= 4 is 17.7 Å². The van der Waals surface area contributed by atoms with Gasteiger partial charge in [-0.3, -0.25) is 4.79 Å². The fraction of sp³-hybridized carbons (Fsp3) is 0.316. The number of methoxy groups -OCH3 is 3. The molecule has 2 aromatic rings. The second-order valence-electron chi connectivity index (χ2n) is 5.87. The Hall–Kier alpha value is -2.48. The summed E-state index contributed by atoms with van der Waals surface area (Å²) in [5.41, 5.74) is 0.818. The molecular formula is C19H19F2NO4S. The Morgan fingerprint density at radius 2 is 1.70 bits per heavy atom. The average molecular weight is 395 g/mol. The first-order chi connectivity index (χ1) is 13.0. The first-order valence-electron chi connectivity index (χ1n) is 8.13. The predicted octanol–water partition coefficient (Wildman–Crippen LogP) is 3.76. The molecule has 1 fully saturated rings. The van der Waals surface area contributed by atoms with Crippen LogP contribution >= 0.6 is 11.8 Å². The van der Waals surface area contributed by atoms with Crippen LogP contribution in [0.3, 0.4) is 0 Å². The van der Waals surface area contributed by atoms with Crippen LogP contribution in [0, 0.1) is 11.6 Å². The van der Waals surface area contributed by atoms with Crippen LogP contribution in [-0.2, 0) is 11.3 Å². The molecule has 0 radical (unpaired) electrons. The van der Waals surface area contributed by atoms with Crippen molar-refractivity contribution in [1.29, 1.82) is 0 Å². The number of carbonyl (C=O) groups excluding carboxylic acids is 1. The van der Waals surface area contributed by atoms with Crippen LogP contribution in [0.4, 0.5) is 8.78 Å². The quantitative estimate of drug-likeness (QED) is 0.745. The van der Waals surface area contributed by atoms with Crippen molar-refractivity contribution in [2.24, 2.45) is 0 Å². The Labute approximate surface area is 160 Å². The Balaban J connectivity index is 2.00. The van der Waals surface area contributed by atoms with Crippen LogP contribution in [-0.4, -0.2) is 37.9 Å². The third kappa shape index (κ3) is 3.80. The van der Waals surface area contributed by atoms with Crippen molar-refractivity contribution in [3.63, 3.8) is 0 Å². The lowest BCUT2D eigenvalue weighted by Crippen LogP contribution is -2.28. The molecule has 8 heteroatoms. The third-order valence-corrected chi connectivity index (χ3v) is 5.56. The van der Waals surface area contributed by atoms with E-state index in [2.05, 4.69) is 0 Å². The molecule has 0 N–H and O–H groups in total. The summed E-state index contributed by atoms with van der Waals surface area (Å²) in [6, 6.07) is 6.63. The lowest BCUT2D eigenvalue weighted by molar-refractivity contribution is -0.128. The highest BCUT2D eigenvalue weighted by Gasteiger charge is 2.36. The largest absolute Gasteiger partial charge is 0.496 e. The molecule has 3 rings (SSSR count). The van der Waals surface area contributed by atoms with E-state index in [9.17, 15) is 13.6 Å². The van der Waals surface area contributed by atoms with Crippen LogP contribution < -0.4 is 14.2 Å². The zero-order valence-electron chi connectivity index (χ0n) is 15.1. The lowest BCUT2D eigenvalue weighted by atomic mass is 10.1. The number of thioether (sulfide) groups is 1. The number of hydrogen-bond acceptors (Lipinski definition) is 5. The van der Waals surface area contributed by atoms with E-state index in [0.717, 1.165) is 18.2 Å². The molecule has 0 spiro atoms. The van der Waals surface area contributed by atoms with Gasteiger partial charge in [-0.25, -0.2) is 8.78 Å². The second kappa shape index (κ2) is 8.04. The maximum Gasteiger partial charge on any atom is 0.234 e. The molecule has 1 heterocycles. The number of nitrogens with zero attached hydrogens (tertiary/aromatic N) is 1. The second-order valence-corrected chi connectivity index (χ2v) is 6.94. The number of benzene rings is 2. The highest BCUT2D eigenvalue weighted by atomic mass is 32.2. The summed E-state index contributed by atoms with van der Waals surface area (Å²) < 4.78 is 43.7. The number of carbonyl (C=O) groups is 1. The molecule has 1 unspecified atom stereocenters. The summed E-state index contributed by atoms with van der Waals surface area (Å²) in [5.74, 6) is 0.472. The van der Waals surface area contributed by atoms with Crippen molar-refractivity contribution < 1.29 is 27.8 Å². The maximum atomic E-state index is 14.1. The normalized spacial score (nSPS) is 16.6. The van der Waals surface area contributed by atoms with E-state index in [1.165, 1.54) is 38.0 Å². The monoisotopic (exact) mass is 395 g/mol. The van der Waals surface area contributed by atoms with E-state index >= 15 is 0 Å². The molecule has 1 atom stereocenters. The van der Waals surface area contributed by atoms with Gasteiger partial charge in [0.1, 0.15) is 22.8 Å². The third-order valence-electron chi connectivity index (χ3n) is 4.32. The van der Waals surface area contributed by atoms with Crippen molar-refractivity contribution in [3.8, 4) is 17.2 Å². The van der Waals surface area contributed by atoms with Crippen LogP contribution in [0.5, 0.6) is 17.2 Å². The van der Waals surface area contributed by atoms with Crippen LogP contribution in [0.15, 0.2) is 30.3 Å².